The molecule has 1 fully saturated rings. The van der Waals surface area contributed by atoms with E-state index >= 15 is 0 Å². The van der Waals surface area contributed by atoms with Crippen molar-refractivity contribution in [2.24, 2.45) is 5.41 Å². The molecule has 1 amide bonds. The SMILES string of the molecule is CCC1(CO)CCN(C(=O)c2ccc(S(C)=O)cc2)CC1. The summed E-state index contributed by atoms with van der Waals surface area (Å²) in [6.45, 7) is 3.67. The molecule has 1 atom stereocenters. The largest absolute Gasteiger partial charge is 0.396 e. The lowest BCUT2D eigenvalue weighted by molar-refractivity contribution is 0.0338. The van der Waals surface area contributed by atoms with Crippen LogP contribution in [0.4, 0.5) is 0 Å². The lowest BCUT2D eigenvalue weighted by Gasteiger charge is -2.40. The summed E-state index contributed by atoms with van der Waals surface area (Å²) < 4.78 is 11.4. The van der Waals surface area contributed by atoms with E-state index in [1.165, 1.54) is 0 Å². The van der Waals surface area contributed by atoms with Crippen molar-refractivity contribution in [1.82, 2.24) is 4.90 Å². The summed E-state index contributed by atoms with van der Waals surface area (Å²) >= 11 is 0. The van der Waals surface area contributed by atoms with Crippen LogP contribution in [0.25, 0.3) is 0 Å². The zero-order valence-electron chi connectivity index (χ0n) is 12.7. The summed E-state index contributed by atoms with van der Waals surface area (Å²) in [5.74, 6) is 0.0195. The maximum absolute atomic E-state index is 12.5. The summed E-state index contributed by atoms with van der Waals surface area (Å²) in [7, 11) is -1.02. The molecule has 1 heterocycles. The van der Waals surface area contributed by atoms with E-state index in [1.54, 1.807) is 30.5 Å². The Kier molecular flexibility index (Phi) is 5.17. The molecule has 1 aromatic rings. The molecule has 0 aliphatic carbocycles. The minimum atomic E-state index is -1.02. The number of carbonyl (C=O) groups is 1. The predicted molar refractivity (Wildman–Crippen MR) is 83.7 cm³/mol. The number of amides is 1. The van der Waals surface area contributed by atoms with Crippen molar-refractivity contribution >= 4 is 16.7 Å². The standard InChI is InChI=1S/C16H23NO3S/c1-3-16(12-18)8-10-17(11-9-16)15(19)13-4-6-14(7-5-13)21(2)20/h4-7,18H,3,8-12H2,1-2H3. The predicted octanol–water partition coefficient (Wildman–Crippen LogP) is 2.05. The van der Waals surface area contributed by atoms with Gasteiger partial charge in [-0.15, -0.1) is 0 Å². The average molecular weight is 309 g/mol. The van der Waals surface area contributed by atoms with Crippen LogP contribution in [0, 0.1) is 5.41 Å². The van der Waals surface area contributed by atoms with Gasteiger partial charge in [-0.1, -0.05) is 6.92 Å². The smallest absolute Gasteiger partial charge is 0.253 e. The first-order valence-corrected chi connectivity index (χ1v) is 8.91. The second kappa shape index (κ2) is 6.71. The Labute approximate surface area is 128 Å². The molecule has 4 nitrogen and oxygen atoms in total. The third kappa shape index (κ3) is 3.52. The van der Waals surface area contributed by atoms with Crippen LogP contribution < -0.4 is 0 Å². The zero-order chi connectivity index (χ0) is 15.5. The fourth-order valence-corrected chi connectivity index (χ4v) is 3.30. The van der Waals surface area contributed by atoms with Crippen LogP contribution in [0.3, 0.4) is 0 Å². The average Bonchev–Trinajstić information content (AvgIpc) is 2.54. The van der Waals surface area contributed by atoms with Gasteiger partial charge in [-0.2, -0.15) is 0 Å². The van der Waals surface area contributed by atoms with E-state index in [0.717, 1.165) is 24.2 Å². The van der Waals surface area contributed by atoms with Crippen molar-refractivity contribution in [1.29, 1.82) is 0 Å². The van der Waals surface area contributed by atoms with Gasteiger partial charge in [-0.3, -0.25) is 9.00 Å². The molecule has 0 radical (unpaired) electrons. The van der Waals surface area contributed by atoms with Crippen molar-refractivity contribution in [3.05, 3.63) is 29.8 Å². The van der Waals surface area contributed by atoms with Crippen LogP contribution in [-0.2, 0) is 10.8 Å². The lowest BCUT2D eigenvalue weighted by atomic mass is 9.77. The molecule has 21 heavy (non-hydrogen) atoms. The Morgan fingerprint density at radius 1 is 1.29 bits per heavy atom. The third-order valence-corrected chi connectivity index (χ3v) is 5.57. The minimum absolute atomic E-state index is 0.0141. The van der Waals surface area contributed by atoms with Gasteiger partial charge >= 0.3 is 0 Å². The molecule has 0 aromatic heterocycles. The molecule has 1 aliphatic rings. The molecule has 1 saturated heterocycles. The fourth-order valence-electron chi connectivity index (χ4n) is 2.78. The van der Waals surface area contributed by atoms with E-state index in [-0.39, 0.29) is 17.9 Å². The highest BCUT2D eigenvalue weighted by Gasteiger charge is 2.34. The first kappa shape index (κ1) is 16.2. The summed E-state index contributed by atoms with van der Waals surface area (Å²) in [6.07, 6.45) is 4.27. The van der Waals surface area contributed by atoms with Crippen molar-refractivity contribution in [2.45, 2.75) is 31.1 Å². The number of hydrogen-bond acceptors (Lipinski definition) is 3. The summed E-state index contributed by atoms with van der Waals surface area (Å²) in [4.78, 5) is 15.0. The van der Waals surface area contributed by atoms with Crippen molar-refractivity contribution in [3.63, 3.8) is 0 Å². The van der Waals surface area contributed by atoms with Gasteiger partial charge in [0.15, 0.2) is 0 Å². The van der Waals surface area contributed by atoms with Crippen LogP contribution in [0.15, 0.2) is 29.2 Å². The van der Waals surface area contributed by atoms with Crippen LogP contribution in [0.5, 0.6) is 0 Å². The summed E-state index contributed by atoms with van der Waals surface area (Å²) in [6, 6.07) is 6.98. The van der Waals surface area contributed by atoms with Crippen LogP contribution in [0.1, 0.15) is 36.5 Å². The Morgan fingerprint density at radius 3 is 2.29 bits per heavy atom. The summed E-state index contributed by atoms with van der Waals surface area (Å²) in [5, 5.41) is 9.53. The molecule has 0 spiro atoms. The van der Waals surface area contributed by atoms with E-state index < -0.39 is 10.8 Å². The van der Waals surface area contributed by atoms with E-state index in [9.17, 15) is 14.1 Å². The monoisotopic (exact) mass is 309 g/mol. The van der Waals surface area contributed by atoms with Gasteiger partial charge in [-0.25, -0.2) is 0 Å². The second-order valence-corrected chi connectivity index (χ2v) is 7.16. The molecule has 0 saturated carbocycles. The normalized spacial score (nSPS) is 19.3. The Bertz CT molecular complexity index is 513. The number of nitrogens with zero attached hydrogens (tertiary/aromatic N) is 1. The van der Waals surface area contributed by atoms with E-state index in [0.29, 0.717) is 18.7 Å². The van der Waals surface area contributed by atoms with Crippen molar-refractivity contribution in [3.8, 4) is 0 Å². The van der Waals surface area contributed by atoms with E-state index in [4.69, 9.17) is 0 Å². The number of hydrogen-bond donors (Lipinski definition) is 1. The summed E-state index contributed by atoms with van der Waals surface area (Å²) in [5.41, 5.74) is 0.622. The maximum atomic E-state index is 12.5. The van der Waals surface area contributed by atoms with Gasteiger partial charge in [-0.05, 0) is 48.9 Å². The van der Waals surface area contributed by atoms with E-state index in [1.807, 2.05) is 4.90 Å². The van der Waals surface area contributed by atoms with Gasteiger partial charge in [0.2, 0.25) is 0 Å². The molecule has 1 N–H and O–H groups in total. The van der Waals surface area contributed by atoms with Crippen LogP contribution in [-0.4, -0.2) is 46.1 Å². The maximum Gasteiger partial charge on any atom is 0.253 e. The molecule has 1 aliphatic heterocycles. The molecule has 1 unspecified atom stereocenters. The molecule has 2 rings (SSSR count). The molecule has 1 aromatic carbocycles. The number of aliphatic hydroxyl groups is 1. The number of carbonyl (C=O) groups excluding carboxylic acids is 1. The van der Waals surface area contributed by atoms with Gasteiger partial charge in [0.1, 0.15) is 0 Å². The molecule has 116 valence electrons. The van der Waals surface area contributed by atoms with Crippen LogP contribution in [0.2, 0.25) is 0 Å². The highest BCUT2D eigenvalue weighted by Crippen LogP contribution is 2.34. The third-order valence-electron chi connectivity index (χ3n) is 4.63. The van der Waals surface area contributed by atoms with E-state index in [2.05, 4.69) is 6.92 Å². The number of rotatable bonds is 4. The van der Waals surface area contributed by atoms with Gasteiger partial charge in [0, 0.05) is 47.2 Å². The topological polar surface area (TPSA) is 57.6 Å². The number of likely N-dealkylation sites (tertiary alicyclic amines) is 1. The molecule has 5 heteroatoms. The highest BCUT2D eigenvalue weighted by molar-refractivity contribution is 7.84. The number of aliphatic hydroxyl groups excluding tert-OH is 1. The fraction of sp³-hybridized carbons (Fsp3) is 0.562. The quantitative estimate of drug-likeness (QED) is 0.926. The Balaban J connectivity index is 2.03. The second-order valence-electron chi connectivity index (χ2n) is 5.78. The Morgan fingerprint density at radius 2 is 1.86 bits per heavy atom. The first-order chi connectivity index (χ1) is 10.0. The lowest BCUT2D eigenvalue weighted by Crippen LogP contribution is -2.44. The minimum Gasteiger partial charge on any atom is -0.396 e. The number of piperidine rings is 1. The number of benzene rings is 1. The zero-order valence-corrected chi connectivity index (χ0v) is 13.5. The molecular formula is C16H23NO3S. The van der Waals surface area contributed by atoms with Crippen molar-refractivity contribution in [2.75, 3.05) is 26.0 Å². The van der Waals surface area contributed by atoms with Crippen LogP contribution >= 0.6 is 0 Å². The van der Waals surface area contributed by atoms with Gasteiger partial charge in [0.25, 0.3) is 5.91 Å². The first-order valence-electron chi connectivity index (χ1n) is 7.35. The molecule has 0 bridgehead atoms. The van der Waals surface area contributed by atoms with Gasteiger partial charge in [0.05, 0.1) is 0 Å². The van der Waals surface area contributed by atoms with Crippen molar-refractivity contribution < 1.29 is 14.1 Å². The highest BCUT2D eigenvalue weighted by atomic mass is 32.2. The Hall–Kier alpha value is -1.20. The molecular weight excluding hydrogens is 286 g/mol. The van der Waals surface area contributed by atoms with Gasteiger partial charge < -0.3 is 10.0 Å².